The second-order valence-electron chi connectivity index (χ2n) is 5.39. The Morgan fingerprint density at radius 1 is 1.37 bits per heavy atom. The number of hydrogen-bond acceptors (Lipinski definition) is 5. The normalized spacial score (nSPS) is 35.8. The molecule has 0 saturated carbocycles. The maximum absolute atomic E-state index is 12.0. The zero-order valence-corrected chi connectivity index (χ0v) is 11.1. The summed E-state index contributed by atoms with van der Waals surface area (Å²) in [5.41, 5.74) is -0.302. The van der Waals surface area contributed by atoms with Crippen molar-refractivity contribution in [2.45, 2.75) is 41.8 Å². The van der Waals surface area contributed by atoms with Crippen molar-refractivity contribution in [3.8, 4) is 6.07 Å². The Morgan fingerprint density at radius 2 is 2.00 bits per heavy atom. The second-order valence-corrected chi connectivity index (χ2v) is 7.90. The third-order valence-corrected chi connectivity index (χ3v) is 6.95. The highest BCUT2D eigenvalue weighted by Crippen LogP contribution is 2.47. The molecule has 3 rings (SSSR count). The third-order valence-electron chi connectivity index (χ3n) is 4.28. The molecule has 5 nitrogen and oxygen atoms in total. The lowest BCUT2D eigenvalue weighted by atomic mass is 9.86. The number of nitrogens with zero attached hydrogens (tertiary/aromatic N) is 2. The van der Waals surface area contributed by atoms with E-state index in [1.165, 1.54) is 6.20 Å². The van der Waals surface area contributed by atoms with Gasteiger partial charge in [0.2, 0.25) is 0 Å². The van der Waals surface area contributed by atoms with Crippen LogP contribution in [-0.4, -0.2) is 29.0 Å². The molecule has 0 amide bonds. The van der Waals surface area contributed by atoms with Gasteiger partial charge < -0.3 is 5.11 Å². The van der Waals surface area contributed by atoms with E-state index < -0.39 is 25.9 Å². The van der Waals surface area contributed by atoms with Crippen LogP contribution in [0.5, 0.6) is 0 Å². The second kappa shape index (κ2) is 4.02. The summed E-state index contributed by atoms with van der Waals surface area (Å²) in [4.78, 5) is 3.88. The van der Waals surface area contributed by atoms with Crippen molar-refractivity contribution in [1.29, 1.82) is 5.26 Å². The minimum absolute atomic E-state index is 0.223. The first kappa shape index (κ1) is 12.6. The van der Waals surface area contributed by atoms with Gasteiger partial charge in [-0.15, -0.1) is 0 Å². The Balaban J connectivity index is 2.00. The topological polar surface area (TPSA) is 91.0 Å². The molecular formula is C13H14N2O3S. The van der Waals surface area contributed by atoms with Crippen molar-refractivity contribution < 1.29 is 13.5 Å². The molecule has 6 heteroatoms. The van der Waals surface area contributed by atoms with Gasteiger partial charge in [0, 0.05) is 6.20 Å². The van der Waals surface area contributed by atoms with Crippen LogP contribution >= 0.6 is 0 Å². The fraction of sp³-hybridized carbons (Fsp3) is 0.538. The number of fused-ring (bicyclic) bond motifs is 2. The number of hydrogen-bond donors (Lipinski definition) is 1. The van der Waals surface area contributed by atoms with E-state index in [0.717, 1.165) is 0 Å². The summed E-state index contributed by atoms with van der Waals surface area (Å²) in [6.07, 6.45) is 3.19. The van der Waals surface area contributed by atoms with Crippen LogP contribution in [0.4, 0.5) is 0 Å². The van der Waals surface area contributed by atoms with Crippen LogP contribution in [0.25, 0.3) is 0 Å². The molecule has 0 radical (unpaired) electrons. The Bertz CT molecular complexity index is 643. The summed E-state index contributed by atoms with van der Waals surface area (Å²) in [6, 6.07) is 5.16. The number of aliphatic hydroxyl groups is 1. The lowest BCUT2D eigenvalue weighted by Crippen LogP contribution is -2.43. The van der Waals surface area contributed by atoms with Crippen LogP contribution in [0, 0.1) is 11.3 Å². The van der Waals surface area contributed by atoms with Gasteiger partial charge in [0.05, 0.1) is 16.1 Å². The Kier molecular flexibility index (Phi) is 2.66. The molecule has 0 aromatic carbocycles. The Hall–Kier alpha value is -1.45. The minimum Gasteiger partial charge on any atom is -0.385 e. The van der Waals surface area contributed by atoms with Crippen LogP contribution in [0.15, 0.2) is 18.3 Å². The molecular weight excluding hydrogens is 264 g/mol. The van der Waals surface area contributed by atoms with Gasteiger partial charge in [-0.1, -0.05) is 0 Å². The van der Waals surface area contributed by atoms with Gasteiger partial charge in [-0.2, -0.15) is 5.26 Å². The fourth-order valence-corrected chi connectivity index (χ4v) is 5.75. The van der Waals surface area contributed by atoms with Gasteiger partial charge in [-0.05, 0) is 43.4 Å². The highest BCUT2D eigenvalue weighted by Gasteiger charge is 2.53. The molecule has 1 aromatic heterocycles. The Labute approximate surface area is 111 Å². The van der Waals surface area contributed by atoms with Crippen LogP contribution in [0.1, 0.15) is 36.9 Å². The zero-order valence-electron chi connectivity index (χ0n) is 10.3. The van der Waals surface area contributed by atoms with E-state index in [0.29, 0.717) is 18.4 Å². The number of nitriles is 1. The first-order valence-electron chi connectivity index (χ1n) is 6.27. The van der Waals surface area contributed by atoms with E-state index in [2.05, 4.69) is 4.98 Å². The van der Waals surface area contributed by atoms with Gasteiger partial charge in [-0.3, -0.25) is 0 Å². The summed E-state index contributed by atoms with van der Waals surface area (Å²) in [5.74, 6) is 0. The minimum atomic E-state index is -3.06. The maximum atomic E-state index is 12.0. The highest BCUT2D eigenvalue weighted by molar-refractivity contribution is 7.93. The van der Waals surface area contributed by atoms with Crippen molar-refractivity contribution in [1.82, 2.24) is 4.98 Å². The van der Waals surface area contributed by atoms with Crippen molar-refractivity contribution in [3.63, 3.8) is 0 Å². The summed E-state index contributed by atoms with van der Waals surface area (Å²) < 4.78 is 24.1. The van der Waals surface area contributed by atoms with Crippen LogP contribution in [0.2, 0.25) is 0 Å². The average molecular weight is 278 g/mol. The molecule has 1 N–H and O–H groups in total. The van der Waals surface area contributed by atoms with E-state index in [1.807, 2.05) is 6.07 Å². The van der Waals surface area contributed by atoms with E-state index in [-0.39, 0.29) is 18.5 Å². The number of sulfone groups is 1. The standard InChI is InChI=1S/C13H14N2O3S/c14-8-10-5-9(3-4-15-10)13(16)6-11-1-2-12(7-13)19(11,17)18/h3-5,11-12,16H,1-2,6-7H2. The van der Waals surface area contributed by atoms with E-state index in [9.17, 15) is 13.5 Å². The monoisotopic (exact) mass is 278 g/mol. The third kappa shape index (κ3) is 1.85. The van der Waals surface area contributed by atoms with Crippen LogP contribution in [0.3, 0.4) is 0 Å². The molecule has 2 unspecified atom stereocenters. The van der Waals surface area contributed by atoms with Gasteiger partial charge >= 0.3 is 0 Å². The van der Waals surface area contributed by atoms with E-state index >= 15 is 0 Å². The van der Waals surface area contributed by atoms with Gasteiger partial charge in [-0.25, -0.2) is 13.4 Å². The predicted molar refractivity (Wildman–Crippen MR) is 67.8 cm³/mol. The molecule has 1 aromatic rings. The zero-order chi connectivity index (χ0) is 13.7. The molecule has 2 bridgehead atoms. The summed E-state index contributed by atoms with van der Waals surface area (Å²) in [7, 11) is -3.06. The first-order valence-corrected chi connectivity index (χ1v) is 7.88. The molecule has 2 aliphatic rings. The average Bonchev–Trinajstić information content (AvgIpc) is 2.57. The molecule has 2 saturated heterocycles. The fourth-order valence-electron chi connectivity index (χ4n) is 3.26. The molecule has 0 aliphatic carbocycles. The molecule has 19 heavy (non-hydrogen) atoms. The first-order chi connectivity index (χ1) is 8.95. The number of rotatable bonds is 1. The summed E-state index contributed by atoms with van der Waals surface area (Å²) >= 11 is 0. The van der Waals surface area contributed by atoms with Crippen LogP contribution < -0.4 is 0 Å². The van der Waals surface area contributed by atoms with E-state index in [4.69, 9.17) is 5.26 Å². The highest BCUT2D eigenvalue weighted by atomic mass is 32.2. The summed E-state index contributed by atoms with van der Waals surface area (Å²) in [5, 5.41) is 18.7. The SMILES string of the molecule is N#Cc1cc(C2(O)CC3CCC(C2)S3(=O)=O)ccn1. The Morgan fingerprint density at radius 3 is 2.58 bits per heavy atom. The van der Waals surface area contributed by atoms with Crippen molar-refractivity contribution in [2.75, 3.05) is 0 Å². The molecule has 3 heterocycles. The van der Waals surface area contributed by atoms with Gasteiger partial charge in [0.25, 0.3) is 0 Å². The van der Waals surface area contributed by atoms with Crippen molar-refractivity contribution in [3.05, 3.63) is 29.6 Å². The lowest BCUT2D eigenvalue weighted by Gasteiger charge is -2.36. The number of pyridine rings is 1. The maximum Gasteiger partial charge on any atom is 0.156 e. The predicted octanol–water partition coefficient (Wildman–Crippen LogP) is 0.880. The van der Waals surface area contributed by atoms with Crippen LogP contribution in [-0.2, 0) is 15.4 Å². The largest absolute Gasteiger partial charge is 0.385 e. The molecule has 100 valence electrons. The number of aromatic nitrogens is 1. The molecule has 2 atom stereocenters. The quantitative estimate of drug-likeness (QED) is 0.823. The molecule has 2 aliphatic heterocycles. The van der Waals surface area contributed by atoms with Gasteiger partial charge in [0.1, 0.15) is 11.8 Å². The smallest absolute Gasteiger partial charge is 0.156 e. The van der Waals surface area contributed by atoms with Crippen molar-refractivity contribution >= 4 is 9.84 Å². The lowest BCUT2D eigenvalue weighted by molar-refractivity contribution is 0.0172. The molecule has 2 fully saturated rings. The molecule has 0 spiro atoms. The van der Waals surface area contributed by atoms with Gasteiger partial charge in [0.15, 0.2) is 9.84 Å². The van der Waals surface area contributed by atoms with Crippen molar-refractivity contribution in [2.24, 2.45) is 0 Å². The van der Waals surface area contributed by atoms with E-state index in [1.54, 1.807) is 12.1 Å². The summed E-state index contributed by atoms with van der Waals surface area (Å²) in [6.45, 7) is 0.